The van der Waals surface area contributed by atoms with Gasteiger partial charge in [0.25, 0.3) is 0 Å². The van der Waals surface area contributed by atoms with Crippen LogP contribution in [0.2, 0.25) is 0 Å². The third kappa shape index (κ3) is 6.29. The van der Waals surface area contributed by atoms with Crippen LogP contribution in [0.3, 0.4) is 0 Å². The van der Waals surface area contributed by atoms with Crippen molar-refractivity contribution in [2.24, 2.45) is 4.99 Å². The molecule has 0 N–H and O–H groups in total. The molecule has 0 aromatic carbocycles. The number of allylic oxidation sites excluding steroid dienone is 1. The van der Waals surface area contributed by atoms with E-state index in [0.717, 1.165) is 35.2 Å². The second-order valence-electron chi connectivity index (χ2n) is 5.11. The quantitative estimate of drug-likeness (QED) is 0.299. The Balaban J connectivity index is 2.70. The van der Waals surface area contributed by atoms with Crippen molar-refractivity contribution >= 4 is 28.0 Å². The van der Waals surface area contributed by atoms with Crippen LogP contribution in [-0.2, 0) is 0 Å². The van der Waals surface area contributed by atoms with Gasteiger partial charge in [-0.05, 0) is 55.6 Å². The van der Waals surface area contributed by atoms with Crippen LogP contribution in [0.4, 0.5) is 5.69 Å². The number of aliphatic imine (C=N–C) groups is 1. The van der Waals surface area contributed by atoms with E-state index in [1.54, 1.807) is 0 Å². The molecule has 0 amide bonds. The summed E-state index contributed by atoms with van der Waals surface area (Å²) in [6.45, 7) is 11.5. The molecule has 0 aliphatic heterocycles. The maximum absolute atomic E-state index is 5.71. The fourth-order valence-electron chi connectivity index (χ4n) is 1.57. The number of rotatable bonds is 8. The number of aryl methyl sites for hydroxylation is 1. The van der Waals surface area contributed by atoms with Crippen LogP contribution in [0.15, 0.2) is 27.7 Å². The normalized spacial score (nSPS) is 10.9. The minimum Gasteiger partial charge on any atom is -0.477 e. The van der Waals surface area contributed by atoms with E-state index in [1.807, 2.05) is 38.2 Å². The summed E-state index contributed by atoms with van der Waals surface area (Å²) in [4.78, 5) is 10.9. The largest absolute Gasteiger partial charge is 0.477 e. The molecule has 4 nitrogen and oxygen atoms in total. The minimum atomic E-state index is 0.622. The van der Waals surface area contributed by atoms with Crippen molar-refractivity contribution in [1.82, 2.24) is 9.88 Å². The third-order valence-electron chi connectivity index (χ3n) is 2.99. The number of pyridine rings is 1. The summed E-state index contributed by atoms with van der Waals surface area (Å²) in [6, 6.07) is 1.94. The predicted molar refractivity (Wildman–Crippen MR) is 92.7 cm³/mol. The average molecular weight is 354 g/mol. The van der Waals surface area contributed by atoms with Gasteiger partial charge in [0.15, 0.2) is 0 Å². The smallest absolute Gasteiger partial charge is 0.228 e. The second-order valence-corrected chi connectivity index (χ2v) is 5.96. The summed E-state index contributed by atoms with van der Waals surface area (Å²) < 4.78 is 6.54. The van der Waals surface area contributed by atoms with Gasteiger partial charge in [0.05, 0.1) is 28.8 Å². The Morgan fingerprint density at radius 3 is 2.90 bits per heavy atom. The zero-order valence-electron chi connectivity index (χ0n) is 13.3. The van der Waals surface area contributed by atoms with Crippen LogP contribution in [0.1, 0.15) is 32.4 Å². The zero-order chi connectivity index (χ0) is 15.8. The number of aromatic nitrogens is 1. The topological polar surface area (TPSA) is 37.7 Å². The Kier molecular flexibility index (Phi) is 7.43. The van der Waals surface area contributed by atoms with Crippen LogP contribution < -0.4 is 4.74 Å². The molecule has 0 aliphatic carbocycles. The van der Waals surface area contributed by atoms with Crippen molar-refractivity contribution in [3.05, 3.63) is 28.4 Å². The minimum absolute atomic E-state index is 0.622. The molecule has 0 aliphatic rings. The van der Waals surface area contributed by atoms with Gasteiger partial charge in [-0.25, -0.2) is 9.98 Å². The molecular weight excluding hydrogens is 330 g/mol. The lowest BCUT2D eigenvalue weighted by molar-refractivity contribution is 0.297. The highest BCUT2D eigenvalue weighted by Crippen LogP contribution is 2.29. The molecule has 0 atom stereocenters. The van der Waals surface area contributed by atoms with Crippen molar-refractivity contribution in [1.29, 1.82) is 0 Å². The summed E-state index contributed by atoms with van der Waals surface area (Å²) in [5, 5.41) is 0. The van der Waals surface area contributed by atoms with Crippen molar-refractivity contribution in [3.8, 4) is 5.88 Å². The Hall–Kier alpha value is -1.36. The van der Waals surface area contributed by atoms with Crippen LogP contribution in [0, 0.1) is 6.92 Å². The summed E-state index contributed by atoms with van der Waals surface area (Å²) in [5.41, 5.74) is 2.87. The summed E-state index contributed by atoms with van der Waals surface area (Å²) >= 11 is 3.49. The molecule has 1 rings (SSSR count). The number of hydrogen-bond donors (Lipinski definition) is 0. The van der Waals surface area contributed by atoms with Gasteiger partial charge in [0, 0.05) is 13.6 Å². The van der Waals surface area contributed by atoms with E-state index in [0.29, 0.717) is 12.5 Å². The van der Waals surface area contributed by atoms with E-state index in [4.69, 9.17) is 4.74 Å². The molecule has 0 radical (unpaired) electrons. The zero-order valence-corrected chi connectivity index (χ0v) is 14.9. The Morgan fingerprint density at radius 2 is 2.29 bits per heavy atom. The molecule has 0 bridgehead atoms. The number of ether oxygens (including phenoxy) is 1. The molecule has 1 heterocycles. The molecule has 0 unspecified atom stereocenters. The molecule has 5 heteroatoms. The van der Waals surface area contributed by atoms with Gasteiger partial charge in [-0.2, -0.15) is 0 Å². The highest BCUT2D eigenvalue weighted by Gasteiger charge is 2.08. The van der Waals surface area contributed by atoms with Gasteiger partial charge in [-0.1, -0.05) is 5.57 Å². The van der Waals surface area contributed by atoms with Gasteiger partial charge in [-0.3, -0.25) is 0 Å². The maximum Gasteiger partial charge on any atom is 0.228 e. The second kappa shape index (κ2) is 8.82. The van der Waals surface area contributed by atoms with E-state index in [2.05, 4.69) is 39.4 Å². The van der Waals surface area contributed by atoms with E-state index in [9.17, 15) is 0 Å². The number of halogens is 1. The van der Waals surface area contributed by atoms with Crippen LogP contribution in [0.25, 0.3) is 0 Å². The Labute approximate surface area is 136 Å². The molecule has 1 aromatic rings. The van der Waals surface area contributed by atoms with Gasteiger partial charge in [0.1, 0.15) is 0 Å². The first kappa shape index (κ1) is 17.7. The lowest BCUT2D eigenvalue weighted by Crippen LogP contribution is -2.14. The lowest BCUT2D eigenvalue weighted by atomic mass is 10.2. The standard InChI is InChI=1S/C16H24BrN3O/c1-6-20(5)11-18-15-10-14(17)16(19-13(15)4)21-9-7-8-12(2)3/h10-11H,2,6-9H2,1,3-5H3/b18-11+. The van der Waals surface area contributed by atoms with Crippen molar-refractivity contribution in [2.75, 3.05) is 20.2 Å². The number of hydrogen-bond acceptors (Lipinski definition) is 3. The van der Waals surface area contributed by atoms with Crippen LogP contribution in [-0.4, -0.2) is 36.4 Å². The predicted octanol–water partition coefficient (Wildman–Crippen LogP) is 4.50. The molecule has 0 saturated carbocycles. The van der Waals surface area contributed by atoms with Crippen LogP contribution in [0.5, 0.6) is 5.88 Å². The highest BCUT2D eigenvalue weighted by atomic mass is 79.9. The maximum atomic E-state index is 5.71. The van der Waals surface area contributed by atoms with Gasteiger partial charge < -0.3 is 9.64 Å². The fourth-order valence-corrected chi connectivity index (χ4v) is 1.99. The molecule has 116 valence electrons. The third-order valence-corrected chi connectivity index (χ3v) is 3.56. The number of nitrogens with zero attached hydrogens (tertiary/aromatic N) is 3. The molecule has 0 fully saturated rings. The van der Waals surface area contributed by atoms with Crippen molar-refractivity contribution in [3.63, 3.8) is 0 Å². The van der Waals surface area contributed by atoms with E-state index >= 15 is 0 Å². The summed E-state index contributed by atoms with van der Waals surface area (Å²) in [7, 11) is 1.99. The van der Waals surface area contributed by atoms with E-state index < -0.39 is 0 Å². The molecule has 1 aromatic heterocycles. The summed E-state index contributed by atoms with van der Waals surface area (Å²) in [6.07, 6.45) is 3.73. The molecule has 21 heavy (non-hydrogen) atoms. The lowest BCUT2D eigenvalue weighted by Gasteiger charge is -2.11. The van der Waals surface area contributed by atoms with Gasteiger partial charge >= 0.3 is 0 Å². The van der Waals surface area contributed by atoms with Crippen molar-refractivity contribution in [2.45, 2.75) is 33.6 Å². The van der Waals surface area contributed by atoms with E-state index in [-0.39, 0.29) is 0 Å². The monoisotopic (exact) mass is 353 g/mol. The van der Waals surface area contributed by atoms with Gasteiger partial charge in [0.2, 0.25) is 5.88 Å². The first-order chi connectivity index (χ1) is 9.93. The first-order valence-electron chi connectivity index (χ1n) is 7.12. The average Bonchev–Trinajstić information content (AvgIpc) is 2.44. The van der Waals surface area contributed by atoms with Crippen molar-refractivity contribution < 1.29 is 4.74 Å². The summed E-state index contributed by atoms with van der Waals surface area (Å²) in [5.74, 6) is 0.622. The molecule has 0 saturated heterocycles. The van der Waals surface area contributed by atoms with Gasteiger partial charge in [-0.15, -0.1) is 6.58 Å². The SMILES string of the molecule is C=C(C)CCCOc1nc(C)c(/N=C/N(C)CC)cc1Br. The van der Waals surface area contributed by atoms with Crippen LogP contribution >= 0.6 is 15.9 Å². The highest BCUT2D eigenvalue weighted by molar-refractivity contribution is 9.10. The fraction of sp³-hybridized carbons (Fsp3) is 0.500. The first-order valence-corrected chi connectivity index (χ1v) is 7.92. The Bertz CT molecular complexity index is 514. The van der Waals surface area contributed by atoms with E-state index in [1.165, 1.54) is 5.57 Å². The Morgan fingerprint density at radius 1 is 1.57 bits per heavy atom. The molecular formula is C16H24BrN3O. The molecule has 0 spiro atoms.